The Morgan fingerprint density at radius 3 is 2.00 bits per heavy atom. The molecule has 0 bridgehead atoms. The van der Waals surface area contributed by atoms with E-state index in [4.69, 9.17) is 11.6 Å². The van der Waals surface area contributed by atoms with Gasteiger partial charge in [0.2, 0.25) is 0 Å². The van der Waals surface area contributed by atoms with Gasteiger partial charge in [-0.25, -0.2) is 0 Å². The van der Waals surface area contributed by atoms with Gasteiger partial charge >= 0.3 is 0 Å². The fraction of sp³-hybridized carbons (Fsp3) is 0.103. The van der Waals surface area contributed by atoms with Gasteiger partial charge in [-0.2, -0.15) is 0 Å². The third kappa shape index (κ3) is 2.41. The summed E-state index contributed by atoms with van der Waals surface area (Å²) in [5.74, 6) is 0. The van der Waals surface area contributed by atoms with Gasteiger partial charge in [0, 0.05) is 10.4 Å². The summed E-state index contributed by atoms with van der Waals surface area (Å²) in [5, 5.41) is 5.99. The van der Waals surface area contributed by atoms with Gasteiger partial charge < -0.3 is 0 Å². The number of rotatable bonds is 1. The van der Waals surface area contributed by atoms with Crippen LogP contribution in [0.2, 0.25) is 5.02 Å². The normalized spacial score (nSPS) is 14.1. The van der Waals surface area contributed by atoms with Crippen LogP contribution in [0.25, 0.3) is 43.8 Å². The molecule has 0 aliphatic heterocycles. The highest BCUT2D eigenvalue weighted by Crippen LogP contribution is 2.50. The maximum absolute atomic E-state index is 6.34. The van der Waals surface area contributed by atoms with Crippen molar-refractivity contribution in [2.45, 2.75) is 19.3 Å². The lowest BCUT2D eigenvalue weighted by Crippen LogP contribution is -2.15. The molecule has 1 aliphatic carbocycles. The first-order valence-electron chi connectivity index (χ1n) is 10.4. The smallest absolute Gasteiger partial charge is 0.0409 e. The molecule has 0 heterocycles. The highest BCUT2D eigenvalue weighted by atomic mass is 35.5. The molecule has 144 valence electrons. The minimum Gasteiger partial charge on any atom is -0.0843 e. The molecular weight excluding hydrogens is 384 g/mol. The van der Waals surface area contributed by atoms with Crippen molar-refractivity contribution in [2.75, 3.05) is 0 Å². The Hall–Kier alpha value is -3.09. The number of fused-ring (bicyclic) bond motifs is 6. The molecule has 5 aromatic carbocycles. The summed E-state index contributed by atoms with van der Waals surface area (Å²) in [6.45, 7) is 4.60. The summed E-state index contributed by atoms with van der Waals surface area (Å²) in [7, 11) is 0. The molecule has 0 atom stereocenters. The molecule has 1 heteroatoms. The van der Waals surface area contributed by atoms with E-state index in [1.807, 2.05) is 6.07 Å². The molecule has 0 nitrogen and oxygen atoms in total. The van der Waals surface area contributed by atoms with Crippen LogP contribution in [0.1, 0.15) is 25.0 Å². The van der Waals surface area contributed by atoms with Crippen LogP contribution in [0.15, 0.2) is 91.0 Å². The lowest BCUT2D eigenvalue weighted by Gasteiger charge is -2.22. The first-order chi connectivity index (χ1) is 14.5. The molecule has 1 aliphatic rings. The highest BCUT2D eigenvalue weighted by Gasteiger charge is 2.35. The molecule has 0 fully saturated rings. The van der Waals surface area contributed by atoms with Crippen molar-refractivity contribution in [3.8, 4) is 22.3 Å². The van der Waals surface area contributed by atoms with Crippen LogP contribution < -0.4 is 0 Å². The first kappa shape index (κ1) is 17.7. The molecule has 0 saturated heterocycles. The summed E-state index contributed by atoms with van der Waals surface area (Å²) in [5.41, 5.74) is 7.78. The molecule has 0 radical (unpaired) electrons. The number of benzene rings is 5. The molecule has 0 aromatic heterocycles. The predicted molar refractivity (Wildman–Crippen MR) is 129 cm³/mol. The maximum Gasteiger partial charge on any atom is 0.0409 e. The summed E-state index contributed by atoms with van der Waals surface area (Å²) in [6, 6.07) is 33.0. The average molecular weight is 405 g/mol. The van der Waals surface area contributed by atoms with Gasteiger partial charge in [-0.1, -0.05) is 92.2 Å². The van der Waals surface area contributed by atoms with E-state index in [1.54, 1.807) is 0 Å². The zero-order valence-electron chi connectivity index (χ0n) is 17.0. The van der Waals surface area contributed by atoms with E-state index in [1.165, 1.54) is 54.9 Å². The largest absolute Gasteiger partial charge is 0.0843 e. The van der Waals surface area contributed by atoms with Crippen LogP contribution in [0.5, 0.6) is 0 Å². The zero-order valence-corrected chi connectivity index (χ0v) is 17.8. The second kappa shape index (κ2) is 6.20. The first-order valence-corrected chi connectivity index (χ1v) is 10.8. The Morgan fingerprint density at radius 1 is 0.567 bits per heavy atom. The van der Waals surface area contributed by atoms with Gasteiger partial charge in [0.1, 0.15) is 0 Å². The quantitative estimate of drug-likeness (QED) is 0.245. The van der Waals surface area contributed by atoms with Crippen molar-refractivity contribution in [1.29, 1.82) is 0 Å². The number of hydrogen-bond acceptors (Lipinski definition) is 0. The van der Waals surface area contributed by atoms with Crippen molar-refractivity contribution in [2.24, 2.45) is 0 Å². The molecule has 0 unspecified atom stereocenters. The highest BCUT2D eigenvalue weighted by molar-refractivity contribution is 6.30. The summed E-state index contributed by atoms with van der Waals surface area (Å²) >= 11 is 6.34. The van der Waals surface area contributed by atoms with Crippen LogP contribution in [-0.4, -0.2) is 0 Å². The Balaban J connectivity index is 1.63. The van der Waals surface area contributed by atoms with Gasteiger partial charge in [0.15, 0.2) is 0 Å². The second-order valence-electron chi connectivity index (χ2n) is 8.77. The molecule has 5 aromatic rings. The van der Waals surface area contributed by atoms with E-state index in [0.29, 0.717) is 0 Å². The van der Waals surface area contributed by atoms with E-state index >= 15 is 0 Å². The van der Waals surface area contributed by atoms with E-state index in [9.17, 15) is 0 Å². The lowest BCUT2D eigenvalue weighted by atomic mass is 9.81. The monoisotopic (exact) mass is 404 g/mol. The Kier molecular flexibility index (Phi) is 3.67. The van der Waals surface area contributed by atoms with Gasteiger partial charge in [0.05, 0.1) is 0 Å². The lowest BCUT2D eigenvalue weighted by molar-refractivity contribution is 0.660. The molecular formula is C29H21Cl. The van der Waals surface area contributed by atoms with Crippen LogP contribution >= 0.6 is 11.6 Å². The summed E-state index contributed by atoms with van der Waals surface area (Å²) in [4.78, 5) is 0. The Morgan fingerprint density at radius 2 is 1.20 bits per heavy atom. The van der Waals surface area contributed by atoms with Crippen LogP contribution in [0.4, 0.5) is 0 Å². The molecule has 0 spiro atoms. The van der Waals surface area contributed by atoms with Crippen LogP contribution in [0, 0.1) is 0 Å². The van der Waals surface area contributed by atoms with E-state index < -0.39 is 0 Å². The van der Waals surface area contributed by atoms with E-state index in [-0.39, 0.29) is 5.41 Å². The predicted octanol–water partition coefficient (Wildman–Crippen LogP) is 8.62. The third-order valence-electron chi connectivity index (χ3n) is 6.72. The van der Waals surface area contributed by atoms with Crippen molar-refractivity contribution < 1.29 is 0 Å². The minimum absolute atomic E-state index is 0.0712. The average Bonchev–Trinajstić information content (AvgIpc) is 2.99. The molecule has 0 N–H and O–H groups in total. The van der Waals surface area contributed by atoms with Crippen LogP contribution in [0.3, 0.4) is 0 Å². The van der Waals surface area contributed by atoms with Crippen molar-refractivity contribution in [3.63, 3.8) is 0 Å². The van der Waals surface area contributed by atoms with Crippen LogP contribution in [-0.2, 0) is 5.41 Å². The number of halogens is 1. The fourth-order valence-corrected chi connectivity index (χ4v) is 5.34. The van der Waals surface area contributed by atoms with E-state index in [0.717, 1.165) is 5.02 Å². The van der Waals surface area contributed by atoms with Gasteiger partial charge in [-0.05, 0) is 79.2 Å². The van der Waals surface area contributed by atoms with Crippen molar-refractivity contribution >= 4 is 33.1 Å². The summed E-state index contributed by atoms with van der Waals surface area (Å²) < 4.78 is 0. The standard InChI is InChI=1S/C29H21Cl/c1-29(2)27-16-19(11-13-24(27)25-14-12-20(30)17-28(25)29)26-15-18-7-3-4-8-21(18)22-9-5-6-10-23(22)26/h3-17H,1-2H3. The van der Waals surface area contributed by atoms with Gasteiger partial charge in [-0.3, -0.25) is 0 Å². The van der Waals surface area contributed by atoms with E-state index in [2.05, 4.69) is 98.8 Å². The SMILES string of the molecule is CC1(C)c2cc(Cl)ccc2-c2ccc(-c3cc4ccccc4c4ccccc34)cc21. The maximum atomic E-state index is 6.34. The van der Waals surface area contributed by atoms with Crippen molar-refractivity contribution in [3.05, 3.63) is 107 Å². The van der Waals surface area contributed by atoms with Gasteiger partial charge in [0.25, 0.3) is 0 Å². The number of hydrogen-bond donors (Lipinski definition) is 0. The fourth-order valence-electron chi connectivity index (χ4n) is 5.17. The summed E-state index contributed by atoms with van der Waals surface area (Å²) in [6.07, 6.45) is 0. The molecule has 6 rings (SSSR count). The second-order valence-corrected chi connectivity index (χ2v) is 9.20. The van der Waals surface area contributed by atoms with Crippen molar-refractivity contribution in [1.82, 2.24) is 0 Å². The topological polar surface area (TPSA) is 0 Å². The Bertz CT molecular complexity index is 1470. The minimum atomic E-state index is -0.0712. The van der Waals surface area contributed by atoms with Gasteiger partial charge in [-0.15, -0.1) is 0 Å². The third-order valence-corrected chi connectivity index (χ3v) is 6.95. The Labute approximate surface area is 181 Å². The molecule has 30 heavy (non-hydrogen) atoms. The molecule has 0 amide bonds. The molecule has 0 saturated carbocycles. The zero-order chi connectivity index (χ0) is 20.5.